The summed E-state index contributed by atoms with van der Waals surface area (Å²) in [5.74, 6) is -1.88. The highest BCUT2D eigenvalue weighted by atomic mass is 32.1. The number of aryl methyl sites for hydroxylation is 1. The fraction of sp³-hybridized carbons (Fsp3) is 0.308. The molecule has 1 heterocycles. The van der Waals surface area contributed by atoms with Gasteiger partial charge in [0.2, 0.25) is 5.91 Å². The third kappa shape index (κ3) is 5.19. The Hall–Kier alpha value is -3.72. The molecule has 8 nitrogen and oxygen atoms in total. The molecule has 2 atom stereocenters. The smallest absolute Gasteiger partial charge is 0.407 e. The number of rotatable bonds is 8. The summed E-state index contributed by atoms with van der Waals surface area (Å²) in [6, 6.07) is 15.8. The minimum absolute atomic E-state index is 0.0402. The van der Waals surface area contributed by atoms with E-state index in [-0.39, 0.29) is 29.9 Å². The van der Waals surface area contributed by atoms with Crippen LogP contribution in [-0.2, 0) is 16.1 Å². The zero-order chi connectivity index (χ0) is 25.1. The van der Waals surface area contributed by atoms with Crippen molar-refractivity contribution in [3.63, 3.8) is 0 Å². The van der Waals surface area contributed by atoms with Crippen LogP contribution in [0.2, 0.25) is 0 Å². The highest BCUT2D eigenvalue weighted by molar-refractivity contribution is 7.13. The molecule has 0 spiro atoms. The molecule has 9 heteroatoms. The summed E-state index contributed by atoms with van der Waals surface area (Å²) in [4.78, 5) is 40.6. The molecule has 1 aliphatic rings. The molecule has 3 aromatic rings. The lowest BCUT2D eigenvalue weighted by Crippen LogP contribution is -2.44. The average Bonchev–Trinajstić information content (AvgIpc) is 3.38. The Morgan fingerprint density at radius 3 is 2.23 bits per heavy atom. The van der Waals surface area contributed by atoms with E-state index in [9.17, 15) is 14.4 Å². The molecule has 182 valence electrons. The fourth-order valence-corrected chi connectivity index (χ4v) is 5.07. The number of fused-ring (bicyclic) bond motifs is 3. The van der Waals surface area contributed by atoms with Crippen LogP contribution in [0, 0.1) is 12.8 Å². The molecular formula is C26H27N3O5S. The Kier molecular flexibility index (Phi) is 7.16. The number of carboxylic acid groups (broad SMARTS) is 1. The summed E-state index contributed by atoms with van der Waals surface area (Å²) < 4.78 is 5.56. The van der Waals surface area contributed by atoms with Gasteiger partial charge in [-0.25, -0.2) is 14.6 Å². The molecule has 2 unspecified atom stereocenters. The van der Waals surface area contributed by atoms with E-state index in [0.717, 1.165) is 33.6 Å². The first-order valence-electron chi connectivity index (χ1n) is 11.3. The van der Waals surface area contributed by atoms with Gasteiger partial charge >= 0.3 is 12.1 Å². The topological polar surface area (TPSA) is 118 Å². The van der Waals surface area contributed by atoms with Crippen molar-refractivity contribution in [2.75, 3.05) is 6.61 Å². The first-order valence-corrected chi connectivity index (χ1v) is 12.2. The highest BCUT2D eigenvalue weighted by Gasteiger charge is 2.29. The summed E-state index contributed by atoms with van der Waals surface area (Å²) in [5.41, 5.74) is 4.99. The van der Waals surface area contributed by atoms with Crippen molar-refractivity contribution in [1.29, 1.82) is 0 Å². The van der Waals surface area contributed by atoms with Gasteiger partial charge in [-0.3, -0.25) is 4.79 Å². The fourth-order valence-electron chi connectivity index (χ4n) is 4.23. The van der Waals surface area contributed by atoms with Crippen LogP contribution >= 0.6 is 11.3 Å². The second kappa shape index (κ2) is 10.3. The number of benzene rings is 2. The van der Waals surface area contributed by atoms with Crippen molar-refractivity contribution >= 4 is 29.3 Å². The van der Waals surface area contributed by atoms with Crippen LogP contribution < -0.4 is 10.6 Å². The largest absolute Gasteiger partial charge is 0.477 e. The molecule has 0 saturated carbocycles. The summed E-state index contributed by atoms with van der Waals surface area (Å²) in [6.07, 6.45) is -0.583. The minimum Gasteiger partial charge on any atom is -0.477 e. The molecule has 0 saturated heterocycles. The van der Waals surface area contributed by atoms with E-state index >= 15 is 0 Å². The molecule has 3 N–H and O–H groups in total. The van der Waals surface area contributed by atoms with Crippen LogP contribution in [0.25, 0.3) is 11.1 Å². The number of hydrogen-bond donors (Lipinski definition) is 3. The Morgan fingerprint density at radius 2 is 1.66 bits per heavy atom. The third-order valence-electron chi connectivity index (χ3n) is 6.30. The summed E-state index contributed by atoms with van der Waals surface area (Å²) in [6.45, 7) is 5.39. The Morgan fingerprint density at radius 1 is 1.06 bits per heavy atom. The number of ether oxygens (including phenoxy) is 1. The van der Waals surface area contributed by atoms with Gasteiger partial charge in [0.15, 0.2) is 0 Å². The van der Waals surface area contributed by atoms with E-state index in [0.29, 0.717) is 10.7 Å². The van der Waals surface area contributed by atoms with Crippen molar-refractivity contribution in [2.45, 2.75) is 39.3 Å². The van der Waals surface area contributed by atoms with Gasteiger partial charge in [-0.05, 0) is 36.1 Å². The van der Waals surface area contributed by atoms with E-state index in [1.54, 1.807) is 20.8 Å². The predicted molar refractivity (Wildman–Crippen MR) is 132 cm³/mol. The zero-order valence-electron chi connectivity index (χ0n) is 19.7. The van der Waals surface area contributed by atoms with E-state index < -0.39 is 24.0 Å². The number of alkyl carbamates (subject to hydrolysis) is 1. The summed E-state index contributed by atoms with van der Waals surface area (Å²) >= 11 is 1.03. The monoisotopic (exact) mass is 493 g/mol. The molecule has 35 heavy (non-hydrogen) atoms. The molecule has 1 aromatic heterocycles. The predicted octanol–water partition coefficient (Wildman–Crippen LogP) is 4.33. The lowest BCUT2D eigenvalue weighted by molar-refractivity contribution is -0.125. The van der Waals surface area contributed by atoms with Gasteiger partial charge in [-0.1, -0.05) is 55.5 Å². The maximum absolute atomic E-state index is 12.6. The van der Waals surface area contributed by atoms with Crippen LogP contribution in [0.5, 0.6) is 0 Å². The van der Waals surface area contributed by atoms with Gasteiger partial charge in [-0.15, -0.1) is 11.3 Å². The average molecular weight is 494 g/mol. The van der Waals surface area contributed by atoms with Crippen LogP contribution in [0.1, 0.15) is 51.3 Å². The van der Waals surface area contributed by atoms with Gasteiger partial charge in [0.25, 0.3) is 0 Å². The number of carbonyl (C=O) groups is 3. The number of amides is 2. The number of carboxylic acids is 1. The quantitative estimate of drug-likeness (QED) is 0.430. The lowest BCUT2D eigenvalue weighted by atomic mass is 9.98. The number of carbonyl (C=O) groups excluding carboxylic acids is 2. The molecule has 0 aliphatic heterocycles. The molecule has 2 amide bonds. The Labute approximate surface area is 207 Å². The van der Waals surface area contributed by atoms with Crippen molar-refractivity contribution in [1.82, 2.24) is 15.6 Å². The highest BCUT2D eigenvalue weighted by Crippen LogP contribution is 2.44. The van der Waals surface area contributed by atoms with Crippen LogP contribution in [0.15, 0.2) is 48.5 Å². The number of hydrogen-bond acceptors (Lipinski definition) is 6. The molecule has 2 aromatic carbocycles. The maximum atomic E-state index is 12.6. The normalized spacial score (nSPS) is 13.9. The van der Waals surface area contributed by atoms with Crippen LogP contribution in [-0.4, -0.2) is 40.7 Å². The minimum atomic E-state index is -1.04. The van der Waals surface area contributed by atoms with Gasteiger partial charge in [-0.2, -0.15) is 0 Å². The van der Waals surface area contributed by atoms with E-state index in [1.807, 2.05) is 24.3 Å². The zero-order valence-corrected chi connectivity index (χ0v) is 20.5. The van der Waals surface area contributed by atoms with Crippen LogP contribution in [0.4, 0.5) is 4.79 Å². The van der Waals surface area contributed by atoms with E-state index in [4.69, 9.17) is 9.84 Å². The molecule has 0 fully saturated rings. The molecule has 0 bridgehead atoms. The number of aromatic nitrogens is 1. The molecule has 4 rings (SSSR count). The summed E-state index contributed by atoms with van der Waals surface area (Å²) in [5, 5.41) is 15.2. The Balaban J connectivity index is 1.29. The molecular weight excluding hydrogens is 466 g/mol. The SMILES string of the molecule is Cc1nc(CNC(=O)C(C)C(C)NC(=O)OCC2c3ccccc3-c3ccccc32)sc1C(=O)O. The summed E-state index contributed by atoms with van der Waals surface area (Å²) in [7, 11) is 0. The maximum Gasteiger partial charge on any atom is 0.407 e. The van der Waals surface area contributed by atoms with E-state index in [1.165, 1.54) is 0 Å². The number of nitrogens with one attached hydrogen (secondary N) is 2. The molecule has 0 radical (unpaired) electrons. The van der Waals surface area contributed by atoms with Gasteiger partial charge < -0.3 is 20.5 Å². The van der Waals surface area contributed by atoms with Crippen LogP contribution in [0.3, 0.4) is 0 Å². The van der Waals surface area contributed by atoms with E-state index in [2.05, 4.69) is 39.9 Å². The van der Waals surface area contributed by atoms with Gasteiger partial charge in [0.1, 0.15) is 16.5 Å². The standard InChI is InChI=1S/C26H27N3O5S/c1-14(24(30)27-12-22-28-16(3)23(35-22)25(31)32)15(2)29-26(33)34-13-21-19-10-6-4-8-17(19)18-9-5-7-11-20(18)21/h4-11,14-15,21H,12-13H2,1-3H3,(H,27,30)(H,29,33)(H,31,32). The first-order chi connectivity index (χ1) is 16.8. The van der Waals surface area contributed by atoms with Crippen molar-refractivity contribution in [3.8, 4) is 11.1 Å². The van der Waals surface area contributed by atoms with Gasteiger partial charge in [0, 0.05) is 12.0 Å². The second-order valence-electron chi connectivity index (χ2n) is 8.59. The van der Waals surface area contributed by atoms with Gasteiger partial charge in [0.05, 0.1) is 18.2 Å². The lowest BCUT2D eigenvalue weighted by Gasteiger charge is -2.21. The number of aromatic carboxylic acids is 1. The molecule has 1 aliphatic carbocycles. The third-order valence-corrected chi connectivity index (χ3v) is 7.45. The second-order valence-corrected chi connectivity index (χ2v) is 9.68. The van der Waals surface area contributed by atoms with Crippen molar-refractivity contribution < 1.29 is 24.2 Å². The van der Waals surface area contributed by atoms with Crippen molar-refractivity contribution in [3.05, 3.63) is 75.2 Å². The number of nitrogens with zero attached hydrogens (tertiary/aromatic N) is 1. The van der Waals surface area contributed by atoms with Crippen molar-refractivity contribution in [2.24, 2.45) is 5.92 Å². The number of thiazole rings is 1. The first kappa shape index (κ1) is 24.4. The Bertz CT molecular complexity index is 1230.